The molecule has 5 rings (SSSR count). The molecular weight excluding hydrogens is 212 g/mol. The Balaban J connectivity index is 1.73. The molecule has 0 aromatic carbocycles. The first kappa shape index (κ1) is 9.70. The van der Waals surface area contributed by atoms with Crippen LogP contribution in [0.15, 0.2) is 10.7 Å². The van der Waals surface area contributed by atoms with Gasteiger partial charge < -0.3 is 4.52 Å². The summed E-state index contributed by atoms with van der Waals surface area (Å²) in [6, 6.07) is 2.23. The predicted molar refractivity (Wildman–Crippen MR) is 61.0 cm³/mol. The second kappa shape index (κ2) is 3.35. The molecule has 0 saturated heterocycles. The minimum Gasteiger partial charge on any atom is -0.360 e. The summed E-state index contributed by atoms with van der Waals surface area (Å²) in [5.41, 5.74) is 0.669. The first-order valence-corrected chi connectivity index (χ1v) is 6.70. The molecule has 3 heteroatoms. The second-order valence-corrected chi connectivity index (χ2v) is 6.17. The summed E-state index contributed by atoms with van der Waals surface area (Å²) < 4.78 is 5.41. The monoisotopic (exact) mass is 228 g/mol. The van der Waals surface area contributed by atoms with Gasteiger partial charge in [0, 0.05) is 5.92 Å². The third-order valence-corrected chi connectivity index (χ3v) is 5.25. The summed E-state index contributed by atoms with van der Waals surface area (Å²) in [7, 11) is 0. The van der Waals surface area contributed by atoms with Crippen molar-refractivity contribution in [2.24, 2.45) is 23.7 Å². The molecule has 0 spiro atoms. The Kier molecular flexibility index (Phi) is 1.91. The lowest BCUT2D eigenvalue weighted by Gasteiger charge is -2.53. The zero-order valence-corrected chi connectivity index (χ0v) is 9.80. The maximum atomic E-state index is 9.11. The van der Waals surface area contributed by atoms with Crippen LogP contribution in [0.4, 0.5) is 0 Å². The molecule has 4 saturated carbocycles. The second-order valence-electron chi connectivity index (χ2n) is 6.17. The SMILES string of the molecule is N#Cc1cnoc1C1C2CC3CC(C2)CC1C3. The molecule has 4 bridgehead atoms. The Labute approximate surface area is 101 Å². The van der Waals surface area contributed by atoms with E-state index < -0.39 is 0 Å². The minimum absolute atomic E-state index is 0.486. The Morgan fingerprint density at radius 2 is 1.76 bits per heavy atom. The highest BCUT2D eigenvalue weighted by atomic mass is 16.5. The standard InChI is InChI=1S/C14H16N2O/c15-6-12-7-16-17-14(12)13-10-2-8-1-9(4-10)5-11(13)3-8/h7-11,13H,1-5H2. The average molecular weight is 228 g/mol. The molecule has 0 aliphatic heterocycles. The van der Waals surface area contributed by atoms with Crippen LogP contribution in [0.25, 0.3) is 0 Å². The fourth-order valence-electron chi connectivity index (χ4n) is 4.93. The van der Waals surface area contributed by atoms with E-state index in [0.717, 1.165) is 29.4 Å². The van der Waals surface area contributed by atoms with Gasteiger partial charge in [-0.15, -0.1) is 0 Å². The molecule has 0 radical (unpaired) electrons. The maximum absolute atomic E-state index is 9.11. The van der Waals surface area contributed by atoms with Gasteiger partial charge in [-0.2, -0.15) is 5.26 Å². The van der Waals surface area contributed by atoms with E-state index in [1.54, 1.807) is 6.20 Å². The Bertz CT molecular complexity index is 457. The van der Waals surface area contributed by atoms with Gasteiger partial charge in [-0.1, -0.05) is 5.16 Å². The summed E-state index contributed by atoms with van der Waals surface area (Å²) in [6.07, 6.45) is 8.45. The number of nitriles is 1. The molecule has 0 amide bonds. The first-order chi connectivity index (χ1) is 8.35. The van der Waals surface area contributed by atoms with E-state index in [0.29, 0.717) is 11.5 Å². The number of aromatic nitrogens is 1. The topological polar surface area (TPSA) is 49.8 Å². The van der Waals surface area contributed by atoms with Gasteiger partial charge >= 0.3 is 0 Å². The highest BCUT2D eigenvalue weighted by Crippen LogP contribution is 2.60. The lowest BCUT2D eigenvalue weighted by atomic mass is 9.51. The van der Waals surface area contributed by atoms with E-state index >= 15 is 0 Å². The molecule has 4 fully saturated rings. The van der Waals surface area contributed by atoms with Crippen LogP contribution in [0.1, 0.15) is 49.3 Å². The van der Waals surface area contributed by atoms with Gasteiger partial charge in [0.15, 0.2) is 5.76 Å². The van der Waals surface area contributed by atoms with Crippen LogP contribution in [0, 0.1) is 35.0 Å². The number of hydrogen-bond donors (Lipinski definition) is 0. The van der Waals surface area contributed by atoms with Crippen LogP contribution >= 0.6 is 0 Å². The fourth-order valence-corrected chi connectivity index (χ4v) is 4.93. The highest BCUT2D eigenvalue weighted by Gasteiger charge is 2.50. The van der Waals surface area contributed by atoms with Gasteiger partial charge in [0.2, 0.25) is 0 Å². The van der Waals surface area contributed by atoms with Gasteiger partial charge in [-0.05, 0) is 55.8 Å². The quantitative estimate of drug-likeness (QED) is 0.742. The molecule has 4 aliphatic carbocycles. The number of rotatable bonds is 1. The van der Waals surface area contributed by atoms with Crippen molar-refractivity contribution in [3.63, 3.8) is 0 Å². The first-order valence-electron chi connectivity index (χ1n) is 6.70. The van der Waals surface area contributed by atoms with E-state index in [2.05, 4.69) is 11.2 Å². The van der Waals surface area contributed by atoms with Crippen LogP contribution in [0.5, 0.6) is 0 Å². The summed E-state index contributed by atoms with van der Waals surface area (Å²) in [6.45, 7) is 0. The largest absolute Gasteiger partial charge is 0.360 e. The predicted octanol–water partition coefficient (Wildman–Crippen LogP) is 3.09. The van der Waals surface area contributed by atoms with Crippen molar-refractivity contribution >= 4 is 0 Å². The molecule has 0 atom stereocenters. The molecule has 1 aromatic rings. The number of hydrogen-bond acceptors (Lipinski definition) is 3. The molecule has 0 N–H and O–H groups in total. The zero-order valence-electron chi connectivity index (χ0n) is 9.80. The maximum Gasteiger partial charge on any atom is 0.158 e. The smallest absolute Gasteiger partial charge is 0.158 e. The summed E-state index contributed by atoms with van der Waals surface area (Å²) >= 11 is 0. The minimum atomic E-state index is 0.486. The van der Waals surface area contributed by atoms with Crippen LogP contribution < -0.4 is 0 Å². The van der Waals surface area contributed by atoms with Gasteiger partial charge in [-0.25, -0.2) is 0 Å². The van der Waals surface area contributed by atoms with Gasteiger partial charge in [0.1, 0.15) is 11.6 Å². The van der Waals surface area contributed by atoms with Crippen molar-refractivity contribution in [1.29, 1.82) is 5.26 Å². The Morgan fingerprint density at radius 3 is 2.35 bits per heavy atom. The van der Waals surface area contributed by atoms with E-state index in [4.69, 9.17) is 9.78 Å². The third kappa shape index (κ3) is 1.30. The number of nitrogens with zero attached hydrogens (tertiary/aromatic N) is 2. The zero-order chi connectivity index (χ0) is 11.4. The van der Waals surface area contributed by atoms with E-state index in [9.17, 15) is 0 Å². The van der Waals surface area contributed by atoms with Crippen LogP contribution in [0.2, 0.25) is 0 Å². The molecule has 3 nitrogen and oxygen atoms in total. The average Bonchev–Trinajstić information content (AvgIpc) is 2.75. The lowest BCUT2D eigenvalue weighted by molar-refractivity contribution is -0.0114. The van der Waals surface area contributed by atoms with Crippen molar-refractivity contribution in [2.75, 3.05) is 0 Å². The molecule has 88 valence electrons. The molecule has 17 heavy (non-hydrogen) atoms. The van der Waals surface area contributed by atoms with Crippen molar-refractivity contribution in [3.8, 4) is 6.07 Å². The van der Waals surface area contributed by atoms with Crippen molar-refractivity contribution < 1.29 is 4.52 Å². The fraction of sp³-hybridized carbons (Fsp3) is 0.714. The molecule has 0 unspecified atom stereocenters. The summed E-state index contributed by atoms with van der Waals surface area (Å²) in [4.78, 5) is 0. The van der Waals surface area contributed by atoms with Crippen LogP contribution in [-0.4, -0.2) is 5.16 Å². The molecule has 1 aromatic heterocycles. The Morgan fingerprint density at radius 1 is 1.12 bits per heavy atom. The Hall–Kier alpha value is -1.30. The van der Waals surface area contributed by atoms with E-state index in [1.165, 1.54) is 32.1 Å². The van der Waals surface area contributed by atoms with E-state index in [-0.39, 0.29) is 0 Å². The van der Waals surface area contributed by atoms with Crippen LogP contribution in [0.3, 0.4) is 0 Å². The molecule has 1 heterocycles. The third-order valence-electron chi connectivity index (χ3n) is 5.25. The van der Waals surface area contributed by atoms with Crippen LogP contribution in [-0.2, 0) is 0 Å². The molecular formula is C14H16N2O. The van der Waals surface area contributed by atoms with Gasteiger partial charge in [-0.3, -0.25) is 0 Å². The van der Waals surface area contributed by atoms with Crippen molar-refractivity contribution in [2.45, 2.75) is 38.0 Å². The summed E-state index contributed by atoms with van der Waals surface area (Å²) in [5, 5.41) is 12.9. The van der Waals surface area contributed by atoms with Crippen molar-refractivity contribution in [1.82, 2.24) is 5.16 Å². The highest BCUT2D eigenvalue weighted by molar-refractivity contribution is 5.32. The summed E-state index contributed by atoms with van der Waals surface area (Å²) in [5.74, 6) is 4.81. The van der Waals surface area contributed by atoms with Crippen molar-refractivity contribution in [3.05, 3.63) is 17.5 Å². The lowest BCUT2D eigenvalue weighted by Crippen LogP contribution is -2.43. The van der Waals surface area contributed by atoms with Gasteiger partial charge in [0.05, 0.1) is 6.20 Å². The van der Waals surface area contributed by atoms with E-state index in [1.807, 2.05) is 0 Å². The molecule has 4 aliphatic rings. The van der Waals surface area contributed by atoms with Gasteiger partial charge in [0.25, 0.3) is 0 Å². The normalized spacial score (nSPS) is 42.6.